The molecule has 35 heavy (non-hydrogen) atoms. The third-order valence-corrected chi connectivity index (χ3v) is 6.27. The molecule has 0 bridgehead atoms. The Morgan fingerprint density at radius 1 is 0.971 bits per heavy atom. The number of nitrogens with one attached hydrogen (secondary N) is 2. The molecule has 1 saturated carbocycles. The van der Waals surface area contributed by atoms with E-state index in [1.165, 1.54) is 23.5 Å². The molecule has 2 N–H and O–H groups in total. The molecule has 184 valence electrons. The highest BCUT2D eigenvalue weighted by Crippen LogP contribution is 2.30. The number of anilines is 1. The predicted molar refractivity (Wildman–Crippen MR) is 131 cm³/mol. The molecular formula is C27H31N3O5. The van der Waals surface area contributed by atoms with Crippen LogP contribution in [0.15, 0.2) is 69.9 Å². The summed E-state index contributed by atoms with van der Waals surface area (Å²) in [6, 6.07) is 13.1. The molecule has 3 aromatic rings. The molecule has 1 atom stereocenters. The Kier molecular flexibility index (Phi) is 7.70. The van der Waals surface area contributed by atoms with Crippen LogP contribution in [-0.4, -0.2) is 30.3 Å². The Balaban J connectivity index is 1.65. The van der Waals surface area contributed by atoms with Gasteiger partial charge >= 0.3 is 0 Å². The summed E-state index contributed by atoms with van der Waals surface area (Å²) in [6.07, 6.45) is 6.82. The van der Waals surface area contributed by atoms with E-state index in [4.69, 9.17) is 8.83 Å². The fourth-order valence-electron chi connectivity index (χ4n) is 4.36. The molecule has 0 unspecified atom stereocenters. The lowest BCUT2D eigenvalue weighted by Gasteiger charge is -2.31. The molecule has 1 aliphatic rings. The van der Waals surface area contributed by atoms with Gasteiger partial charge in [0, 0.05) is 11.7 Å². The fraction of sp³-hybridized carbons (Fsp3) is 0.370. The van der Waals surface area contributed by atoms with Crippen LogP contribution in [-0.2, 0) is 9.59 Å². The lowest BCUT2D eigenvalue weighted by molar-refractivity contribution is -0.127. The molecule has 0 aliphatic heterocycles. The third-order valence-electron chi connectivity index (χ3n) is 6.27. The summed E-state index contributed by atoms with van der Waals surface area (Å²) in [5, 5.41) is 5.68. The van der Waals surface area contributed by atoms with Gasteiger partial charge in [-0.05, 0) is 60.7 Å². The first-order chi connectivity index (χ1) is 16.9. The Labute approximate surface area is 204 Å². The topological polar surface area (TPSA) is 105 Å². The van der Waals surface area contributed by atoms with Crippen molar-refractivity contribution in [3.63, 3.8) is 0 Å². The van der Waals surface area contributed by atoms with Crippen LogP contribution in [0, 0.1) is 0 Å². The van der Waals surface area contributed by atoms with Crippen LogP contribution >= 0.6 is 0 Å². The first kappa shape index (κ1) is 24.3. The highest BCUT2D eigenvalue weighted by atomic mass is 16.3. The van der Waals surface area contributed by atoms with Crippen LogP contribution in [0.3, 0.4) is 0 Å². The van der Waals surface area contributed by atoms with Gasteiger partial charge in [-0.25, -0.2) is 0 Å². The van der Waals surface area contributed by atoms with Gasteiger partial charge in [-0.2, -0.15) is 0 Å². The van der Waals surface area contributed by atoms with Gasteiger partial charge in [-0.3, -0.25) is 19.3 Å². The van der Waals surface area contributed by atoms with Crippen LogP contribution < -0.4 is 15.5 Å². The van der Waals surface area contributed by atoms with Gasteiger partial charge < -0.3 is 19.5 Å². The van der Waals surface area contributed by atoms with E-state index >= 15 is 0 Å². The van der Waals surface area contributed by atoms with Crippen molar-refractivity contribution in [3.05, 3.63) is 78.1 Å². The standard InChI is InChI=1S/C27H31N3O5/c1-18(2)19-11-13-21(14-12-19)30(24(31)17-28-26(32)23-10-6-16-35-23)25(22-9-5-15-34-22)27(33)29-20-7-3-4-8-20/h5-6,9-16,18,20,25H,3-4,7-8,17H2,1-2H3,(H,28,32)(H,29,33)/t25-/m0/s1. The van der Waals surface area contributed by atoms with E-state index in [0.29, 0.717) is 17.4 Å². The molecule has 8 nitrogen and oxygen atoms in total. The lowest BCUT2D eigenvalue weighted by Crippen LogP contribution is -2.49. The summed E-state index contributed by atoms with van der Waals surface area (Å²) in [7, 11) is 0. The van der Waals surface area contributed by atoms with E-state index in [9.17, 15) is 14.4 Å². The number of amides is 3. The number of furan rings is 2. The molecule has 2 aromatic heterocycles. The van der Waals surface area contributed by atoms with Gasteiger partial charge in [0.2, 0.25) is 5.91 Å². The summed E-state index contributed by atoms with van der Waals surface area (Å²) >= 11 is 0. The number of hydrogen-bond donors (Lipinski definition) is 2. The van der Waals surface area contributed by atoms with E-state index in [0.717, 1.165) is 31.2 Å². The molecule has 3 amide bonds. The Morgan fingerprint density at radius 3 is 2.26 bits per heavy atom. The molecule has 1 aliphatic carbocycles. The number of benzene rings is 1. The van der Waals surface area contributed by atoms with Crippen molar-refractivity contribution in [2.24, 2.45) is 0 Å². The minimum atomic E-state index is -1.02. The van der Waals surface area contributed by atoms with E-state index in [2.05, 4.69) is 24.5 Å². The molecule has 4 rings (SSSR count). The second kappa shape index (κ2) is 11.1. The Bertz CT molecular complexity index is 1110. The number of hydrogen-bond acceptors (Lipinski definition) is 5. The zero-order chi connectivity index (χ0) is 24.8. The SMILES string of the molecule is CC(C)c1ccc(N(C(=O)CNC(=O)c2ccco2)[C@H](C(=O)NC2CCCC2)c2ccco2)cc1. The smallest absolute Gasteiger partial charge is 0.287 e. The third kappa shape index (κ3) is 5.82. The van der Waals surface area contributed by atoms with Gasteiger partial charge in [-0.1, -0.05) is 38.8 Å². The van der Waals surface area contributed by atoms with Crippen molar-refractivity contribution in [2.45, 2.75) is 57.5 Å². The van der Waals surface area contributed by atoms with Crippen molar-refractivity contribution in [1.82, 2.24) is 10.6 Å². The molecule has 1 aromatic carbocycles. The van der Waals surface area contributed by atoms with Gasteiger partial charge in [0.1, 0.15) is 5.76 Å². The normalized spacial score (nSPS) is 14.6. The lowest BCUT2D eigenvalue weighted by atomic mass is 10.0. The quantitative estimate of drug-likeness (QED) is 0.470. The molecule has 0 radical (unpaired) electrons. The molecule has 0 spiro atoms. The van der Waals surface area contributed by atoms with Crippen LogP contribution in [0.1, 0.15) is 73.4 Å². The van der Waals surface area contributed by atoms with E-state index < -0.39 is 17.9 Å². The monoisotopic (exact) mass is 477 g/mol. The first-order valence-corrected chi connectivity index (χ1v) is 12.0. The van der Waals surface area contributed by atoms with Gasteiger partial charge in [0.05, 0.1) is 19.1 Å². The molecular weight excluding hydrogens is 446 g/mol. The average molecular weight is 478 g/mol. The van der Waals surface area contributed by atoms with Gasteiger partial charge in [-0.15, -0.1) is 0 Å². The largest absolute Gasteiger partial charge is 0.467 e. The summed E-state index contributed by atoms with van der Waals surface area (Å²) in [6.45, 7) is 3.85. The maximum atomic E-state index is 13.6. The summed E-state index contributed by atoms with van der Waals surface area (Å²) in [5.74, 6) is -0.516. The highest BCUT2D eigenvalue weighted by molar-refractivity contribution is 6.04. The predicted octanol–water partition coefficient (Wildman–Crippen LogP) is 4.56. The first-order valence-electron chi connectivity index (χ1n) is 12.0. The van der Waals surface area contributed by atoms with Crippen molar-refractivity contribution in [1.29, 1.82) is 0 Å². The van der Waals surface area contributed by atoms with Gasteiger partial charge in [0.25, 0.3) is 11.8 Å². The van der Waals surface area contributed by atoms with Crippen molar-refractivity contribution in [2.75, 3.05) is 11.4 Å². The minimum absolute atomic E-state index is 0.0684. The van der Waals surface area contributed by atoms with Crippen LogP contribution in [0.2, 0.25) is 0 Å². The van der Waals surface area contributed by atoms with Crippen molar-refractivity contribution < 1.29 is 23.2 Å². The van der Waals surface area contributed by atoms with Crippen LogP contribution in [0.5, 0.6) is 0 Å². The number of nitrogens with zero attached hydrogens (tertiary/aromatic N) is 1. The summed E-state index contributed by atoms with van der Waals surface area (Å²) < 4.78 is 10.7. The summed E-state index contributed by atoms with van der Waals surface area (Å²) in [5.41, 5.74) is 1.65. The van der Waals surface area contributed by atoms with Crippen molar-refractivity contribution in [3.8, 4) is 0 Å². The minimum Gasteiger partial charge on any atom is -0.467 e. The van der Waals surface area contributed by atoms with E-state index in [1.807, 2.05) is 24.3 Å². The molecule has 8 heteroatoms. The highest BCUT2D eigenvalue weighted by Gasteiger charge is 2.36. The average Bonchev–Trinajstić information content (AvgIpc) is 3.64. The van der Waals surface area contributed by atoms with E-state index in [1.54, 1.807) is 18.2 Å². The second-order valence-electron chi connectivity index (χ2n) is 9.08. The fourth-order valence-corrected chi connectivity index (χ4v) is 4.36. The maximum absolute atomic E-state index is 13.6. The second-order valence-corrected chi connectivity index (χ2v) is 9.08. The van der Waals surface area contributed by atoms with Crippen molar-refractivity contribution >= 4 is 23.4 Å². The molecule has 0 saturated heterocycles. The zero-order valence-electron chi connectivity index (χ0n) is 20.0. The molecule has 2 heterocycles. The van der Waals surface area contributed by atoms with E-state index in [-0.39, 0.29) is 24.3 Å². The summed E-state index contributed by atoms with van der Waals surface area (Å²) in [4.78, 5) is 40.9. The Morgan fingerprint density at radius 2 is 1.66 bits per heavy atom. The molecule has 1 fully saturated rings. The Hall–Kier alpha value is -3.81. The number of carbonyl (C=O) groups excluding carboxylic acids is 3. The van der Waals surface area contributed by atoms with Crippen LogP contribution in [0.25, 0.3) is 0 Å². The number of carbonyl (C=O) groups is 3. The maximum Gasteiger partial charge on any atom is 0.287 e. The van der Waals surface area contributed by atoms with Gasteiger partial charge in [0.15, 0.2) is 11.8 Å². The number of rotatable bonds is 9. The zero-order valence-corrected chi connectivity index (χ0v) is 20.0. The van der Waals surface area contributed by atoms with Crippen LogP contribution in [0.4, 0.5) is 5.69 Å².